The zero-order valence-corrected chi connectivity index (χ0v) is 10.8. The van der Waals surface area contributed by atoms with E-state index in [1.807, 2.05) is 19.1 Å². The van der Waals surface area contributed by atoms with E-state index < -0.39 is 0 Å². The van der Waals surface area contributed by atoms with E-state index in [4.69, 9.17) is 10.5 Å². The van der Waals surface area contributed by atoms with E-state index in [0.29, 0.717) is 31.0 Å². The van der Waals surface area contributed by atoms with Crippen LogP contribution >= 0.6 is 0 Å². The van der Waals surface area contributed by atoms with E-state index in [-0.39, 0.29) is 5.91 Å². The molecule has 0 saturated carbocycles. The number of nitrogens with zero attached hydrogens (tertiary/aromatic N) is 1. The molecule has 1 heterocycles. The topological polar surface area (TPSA) is 77.2 Å². The molecule has 2 aromatic rings. The van der Waals surface area contributed by atoms with Gasteiger partial charge in [-0.3, -0.25) is 9.78 Å². The van der Waals surface area contributed by atoms with Gasteiger partial charge >= 0.3 is 0 Å². The second-order valence-corrected chi connectivity index (χ2v) is 4.10. The lowest BCUT2D eigenvalue weighted by Gasteiger charge is -2.10. The van der Waals surface area contributed by atoms with Gasteiger partial charge in [-0.05, 0) is 31.2 Å². The molecule has 0 spiro atoms. The fourth-order valence-corrected chi connectivity index (χ4v) is 1.83. The zero-order chi connectivity index (χ0) is 13.7. The Bertz CT molecular complexity index is 584. The minimum atomic E-state index is -0.0135. The molecular weight excluding hydrogens is 242 g/mol. The monoisotopic (exact) mass is 259 g/mol. The van der Waals surface area contributed by atoms with Crippen molar-refractivity contribution in [3.05, 3.63) is 30.5 Å². The van der Waals surface area contributed by atoms with Crippen LogP contribution in [0.25, 0.3) is 10.9 Å². The van der Waals surface area contributed by atoms with Gasteiger partial charge in [0.25, 0.3) is 0 Å². The molecule has 5 nitrogen and oxygen atoms in total. The van der Waals surface area contributed by atoms with Crippen molar-refractivity contribution < 1.29 is 9.53 Å². The number of amides is 1. The molecule has 2 rings (SSSR count). The maximum absolute atomic E-state index is 11.3. The molecule has 0 fully saturated rings. The second kappa shape index (κ2) is 6.04. The average molecular weight is 259 g/mol. The van der Waals surface area contributed by atoms with Gasteiger partial charge in [0.2, 0.25) is 5.91 Å². The van der Waals surface area contributed by atoms with Crippen LogP contribution in [0.15, 0.2) is 30.5 Å². The van der Waals surface area contributed by atoms with Crippen molar-refractivity contribution in [1.82, 2.24) is 10.3 Å². The number of carbonyl (C=O) groups is 1. The van der Waals surface area contributed by atoms with Crippen molar-refractivity contribution in [1.29, 1.82) is 0 Å². The van der Waals surface area contributed by atoms with Gasteiger partial charge < -0.3 is 15.8 Å². The summed E-state index contributed by atoms with van der Waals surface area (Å²) in [6.07, 6.45) is 2.02. The summed E-state index contributed by atoms with van der Waals surface area (Å²) < 4.78 is 5.63. The molecule has 0 aliphatic heterocycles. The Morgan fingerprint density at radius 2 is 2.26 bits per heavy atom. The molecule has 1 aromatic carbocycles. The lowest BCUT2D eigenvalue weighted by Crippen LogP contribution is -2.24. The van der Waals surface area contributed by atoms with Crippen LogP contribution in [-0.2, 0) is 4.79 Å². The Morgan fingerprint density at radius 1 is 1.42 bits per heavy atom. The molecule has 1 aromatic heterocycles. The summed E-state index contributed by atoms with van der Waals surface area (Å²) in [6.45, 7) is 2.85. The largest absolute Gasteiger partial charge is 0.492 e. The first-order valence-electron chi connectivity index (χ1n) is 6.25. The lowest BCUT2D eigenvalue weighted by molar-refractivity contribution is -0.121. The van der Waals surface area contributed by atoms with Crippen LogP contribution in [-0.4, -0.2) is 24.0 Å². The van der Waals surface area contributed by atoms with Gasteiger partial charge in [0, 0.05) is 18.1 Å². The van der Waals surface area contributed by atoms with Gasteiger partial charge in [-0.2, -0.15) is 0 Å². The fourth-order valence-electron chi connectivity index (χ4n) is 1.83. The van der Waals surface area contributed by atoms with Crippen LogP contribution in [0.3, 0.4) is 0 Å². The van der Waals surface area contributed by atoms with Crippen molar-refractivity contribution in [2.75, 3.05) is 18.9 Å². The SMILES string of the molecule is CCNC(=O)CCOc1ccc(N)c2ncccc12. The molecule has 0 bridgehead atoms. The second-order valence-electron chi connectivity index (χ2n) is 4.10. The predicted octanol–water partition coefficient (Wildman–Crippen LogP) is 1.72. The standard InChI is InChI=1S/C14H17N3O2/c1-2-16-13(18)7-9-19-12-6-5-11(15)14-10(12)4-3-8-17-14/h3-6,8H,2,7,9,15H2,1H3,(H,16,18). The summed E-state index contributed by atoms with van der Waals surface area (Å²) in [5.41, 5.74) is 7.20. The van der Waals surface area contributed by atoms with Crippen LogP contribution in [0.5, 0.6) is 5.75 Å². The first-order chi connectivity index (χ1) is 9.22. The third kappa shape index (κ3) is 3.13. The highest BCUT2D eigenvalue weighted by molar-refractivity contribution is 5.93. The number of rotatable bonds is 5. The van der Waals surface area contributed by atoms with Crippen molar-refractivity contribution in [2.45, 2.75) is 13.3 Å². The molecule has 1 amide bonds. The average Bonchev–Trinajstić information content (AvgIpc) is 2.42. The van der Waals surface area contributed by atoms with E-state index in [0.717, 1.165) is 10.9 Å². The maximum Gasteiger partial charge on any atom is 0.223 e. The van der Waals surface area contributed by atoms with Gasteiger partial charge in [0.1, 0.15) is 5.75 Å². The van der Waals surface area contributed by atoms with E-state index in [2.05, 4.69) is 10.3 Å². The zero-order valence-electron chi connectivity index (χ0n) is 10.8. The van der Waals surface area contributed by atoms with E-state index in [9.17, 15) is 4.79 Å². The molecule has 0 atom stereocenters. The van der Waals surface area contributed by atoms with Crippen LogP contribution in [0, 0.1) is 0 Å². The number of hydrogen-bond donors (Lipinski definition) is 2. The third-order valence-electron chi connectivity index (χ3n) is 2.72. The number of aromatic nitrogens is 1. The molecule has 0 unspecified atom stereocenters. The van der Waals surface area contributed by atoms with Crippen LogP contribution < -0.4 is 15.8 Å². The highest BCUT2D eigenvalue weighted by Gasteiger charge is 2.06. The first kappa shape index (κ1) is 13.1. The normalized spacial score (nSPS) is 10.4. The molecule has 0 saturated heterocycles. The minimum Gasteiger partial charge on any atom is -0.492 e. The highest BCUT2D eigenvalue weighted by atomic mass is 16.5. The Balaban J connectivity index is 2.09. The molecule has 0 aliphatic rings. The molecule has 5 heteroatoms. The smallest absolute Gasteiger partial charge is 0.223 e. The van der Waals surface area contributed by atoms with Crippen LogP contribution in [0.2, 0.25) is 0 Å². The number of fused-ring (bicyclic) bond motifs is 1. The van der Waals surface area contributed by atoms with Gasteiger partial charge in [-0.1, -0.05) is 0 Å². The summed E-state index contributed by atoms with van der Waals surface area (Å²) in [6, 6.07) is 7.30. The van der Waals surface area contributed by atoms with Crippen molar-refractivity contribution >= 4 is 22.5 Å². The molecule has 100 valence electrons. The molecule has 0 aliphatic carbocycles. The summed E-state index contributed by atoms with van der Waals surface area (Å²) in [7, 11) is 0. The van der Waals surface area contributed by atoms with E-state index in [1.54, 1.807) is 18.3 Å². The van der Waals surface area contributed by atoms with Crippen molar-refractivity contribution in [3.8, 4) is 5.75 Å². The Hall–Kier alpha value is -2.30. The Labute approximate surface area is 111 Å². The predicted molar refractivity (Wildman–Crippen MR) is 75.0 cm³/mol. The number of pyridine rings is 1. The number of anilines is 1. The summed E-state index contributed by atoms with van der Waals surface area (Å²) in [5.74, 6) is 0.682. The Kier molecular flexibility index (Phi) is 4.18. The van der Waals surface area contributed by atoms with E-state index >= 15 is 0 Å². The highest BCUT2D eigenvalue weighted by Crippen LogP contribution is 2.28. The lowest BCUT2D eigenvalue weighted by atomic mass is 10.2. The van der Waals surface area contributed by atoms with Gasteiger partial charge in [-0.25, -0.2) is 0 Å². The number of nitrogen functional groups attached to an aromatic ring is 1. The maximum atomic E-state index is 11.3. The number of ether oxygens (including phenoxy) is 1. The van der Waals surface area contributed by atoms with Crippen molar-refractivity contribution in [3.63, 3.8) is 0 Å². The summed E-state index contributed by atoms with van der Waals surface area (Å²) >= 11 is 0. The molecule has 3 N–H and O–H groups in total. The van der Waals surface area contributed by atoms with Crippen LogP contribution in [0.4, 0.5) is 5.69 Å². The number of hydrogen-bond acceptors (Lipinski definition) is 4. The third-order valence-corrected chi connectivity index (χ3v) is 2.72. The fraction of sp³-hybridized carbons (Fsp3) is 0.286. The summed E-state index contributed by atoms with van der Waals surface area (Å²) in [4.78, 5) is 15.6. The van der Waals surface area contributed by atoms with Crippen molar-refractivity contribution in [2.24, 2.45) is 0 Å². The number of nitrogens with two attached hydrogens (primary N) is 1. The number of nitrogens with one attached hydrogen (secondary N) is 1. The molecule has 0 radical (unpaired) electrons. The van der Waals surface area contributed by atoms with Gasteiger partial charge in [0.05, 0.1) is 24.2 Å². The first-order valence-corrected chi connectivity index (χ1v) is 6.25. The quantitative estimate of drug-likeness (QED) is 0.801. The molecule has 19 heavy (non-hydrogen) atoms. The minimum absolute atomic E-state index is 0.0135. The summed E-state index contributed by atoms with van der Waals surface area (Å²) in [5, 5.41) is 3.59. The van der Waals surface area contributed by atoms with Gasteiger partial charge in [-0.15, -0.1) is 0 Å². The van der Waals surface area contributed by atoms with E-state index in [1.165, 1.54) is 0 Å². The number of benzene rings is 1. The Morgan fingerprint density at radius 3 is 3.05 bits per heavy atom. The van der Waals surface area contributed by atoms with Crippen LogP contribution in [0.1, 0.15) is 13.3 Å². The number of carbonyl (C=O) groups excluding carboxylic acids is 1. The molecular formula is C14H17N3O2. The van der Waals surface area contributed by atoms with Gasteiger partial charge in [0.15, 0.2) is 0 Å².